The molecule has 2 aliphatic rings. The number of nitrogens with one attached hydrogen (secondary N) is 1. The Bertz CT molecular complexity index is 1130. The van der Waals surface area contributed by atoms with Crippen LogP contribution in [0.4, 0.5) is 18.9 Å². The van der Waals surface area contributed by atoms with Crippen molar-refractivity contribution in [1.82, 2.24) is 9.88 Å². The zero-order valence-corrected chi connectivity index (χ0v) is 17.6. The SMILES string of the molecule is CCOC(=O)c1c2n(c3cc(N4CC[C@H](NC(=O)C(F)(F)F)C4)ccc3c1=O)C(C)S2. The van der Waals surface area contributed by atoms with Crippen molar-refractivity contribution in [3.8, 4) is 0 Å². The van der Waals surface area contributed by atoms with E-state index in [-0.39, 0.29) is 24.1 Å². The molecule has 11 heteroatoms. The summed E-state index contributed by atoms with van der Waals surface area (Å²) in [7, 11) is 0. The molecule has 1 saturated heterocycles. The smallest absolute Gasteiger partial charge is 0.462 e. The van der Waals surface area contributed by atoms with Gasteiger partial charge in [0.15, 0.2) is 0 Å². The van der Waals surface area contributed by atoms with Gasteiger partial charge in [0.25, 0.3) is 0 Å². The van der Waals surface area contributed by atoms with E-state index < -0.39 is 29.5 Å². The Morgan fingerprint density at radius 1 is 1.32 bits per heavy atom. The molecule has 0 aliphatic carbocycles. The predicted molar refractivity (Wildman–Crippen MR) is 110 cm³/mol. The number of halogens is 3. The monoisotopic (exact) mass is 455 g/mol. The van der Waals surface area contributed by atoms with Gasteiger partial charge in [-0.15, -0.1) is 0 Å². The van der Waals surface area contributed by atoms with Gasteiger partial charge < -0.3 is 19.5 Å². The van der Waals surface area contributed by atoms with Crippen molar-refractivity contribution in [3.05, 3.63) is 34.0 Å². The molecule has 1 fully saturated rings. The average molecular weight is 455 g/mol. The van der Waals surface area contributed by atoms with Crippen molar-refractivity contribution < 1.29 is 27.5 Å². The Labute approximate surface area is 179 Å². The van der Waals surface area contributed by atoms with E-state index in [0.717, 1.165) is 5.69 Å². The number of thioether (sulfide) groups is 1. The number of carbonyl (C=O) groups excluding carboxylic acids is 2. The molecule has 1 aromatic carbocycles. The van der Waals surface area contributed by atoms with Crippen molar-refractivity contribution in [2.45, 2.75) is 42.9 Å². The number of hydrogen-bond donors (Lipinski definition) is 1. The van der Waals surface area contributed by atoms with E-state index in [2.05, 4.69) is 0 Å². The highest BCUT2D eigenvalue weighted by molar-refractivity contribution is 8.00. The van der Waals surface area contributed by atoms with E-state index in [4.69, 9.17) is 4.74 Å². The van der Waals surface area contributed by atoms with Crippen LogP contribution in [0.2, 0.25) is 0 Å². The van der Waals surface area contributed by atoms with Crippen LogP contribution in [0.25, 0.3) is 10.9 Å². The lowest BCUT2D eigenvalue weighted by Gasteiger charge is -2.33. The molecule has 2 atom stereocenters. The number of ether oxygens (including phenoxy) is 1. The zero-order valence-electron chi connectivity index (χ0n) is 16.8. The number of benzene rings is 1. The second-order valence-corrected chi connectivity index (χ2v) is 8.73. The van der Waals surface area contributed by atoms with Crippen molar-refractivity contribution in [1.29, 1.82) is 0 Å². The topological polar surface area (TPSA) is 80.6 Å². The molecule has 2 aromatic rings. The molecule has 4 rings (SSSR count). The fourth-order valence-corrected chi connectivity index (χ4v) is 5.13. The second-order valence-electron chi connectivity index (χ2n) is 7.42. The largest absolute Gasteiger partial charge is 0.471 e. The zero-order chi connectivity index (χ0) is 22.5. The minimum atomic E-state index is -4.91. The summed E-state index contributed by atoms with van der Waals surface area (Å²) >= 11 is 1.41. The average Bonchev–Trinajstić information content (AvgIpc) is 3.15. The lowest BCUT2D eigenvalue weighted by atomic mass is 10.1. The first-order valence-corrected chi connectivity index (χ1v) is 10.7. The number of hydrogen-bond acceptors (Lipinski definition) is 6. The van der Waals surface area contributed by atoms with Crippen molar-refractivity contribution in [2.24, 2.45) is 0 Å². The number of rotatable bonds is 4. The van der Waals surface area contributed by atoms with Gasteiger partial charge in [0.1, 0.15) is 5.56 Å². The number of esters is 1. The number of carbonyl (C=O) groups is 2. The highest BCUT2D eigenvalue weighted by Crippen LogP contribution is 2.46. The maximum atomic E-state index is 13.0. The molecule has 2 aliphatic heterocycles. The van der Waals surface area contributed by atoms with Gasteiger partial charge in [-0.05, 0) is 38.5 Å². The van der Waals surface area contributed by atoms with E-state index in [9.17, 15) is 27.6 Å². The number of amides is 1. The summed E-state index contributed by atoms with van der Waals surface area (Å²) in [6.07, 6.45) is -4.53. The van der Waals surface area contributed by atoms with E-state index in [1.54, 1.807) is 25.1 Å². The van der Waals surface area contributed by atoms with Crippen molar-refractivity contribution >= 4 is 40.2 Å². The molecule has 1 unspecified atom stereocenters. The summed E-state index contributed by atoms with van der Waals surface area (Å²) < 4.78 is 44.5. The molecule has 1 amide bonds. The van der Waals surface area contributed by atoms with Gasteiger partial charge >= 0.3 is 18.1 Å². The minimum absolute atomic E-state index is 0.0129. The third-order valence-electron chi connectivity index (χ3n) is 5.42. The van der Waals surface area contributed by atoms with Gasteiger partial charge in [-0.25, -0.2) is 4.79 Å². The van der Waals surface area contributed by atoms with Crippen LogP contribution in [0.1, 0.15) is 36.0 Å². The van der Waals surface area contributed by atoms with Gasteiger partial charge in [-0.1, -0.05) is 11.8 Å². The molecule has 1 N–H and O–H groups in total. The summed E-state index contributed by atoms with van der Waals surface area (Å²) in [5.74, 6) is -2.59. The molecule has 31 heavy (non-hydrogen) atoms. The lowest BCUT2D eigenvalue weighted by Crippen LogP contribution is -2.44. The van der Waals surface area contributed by atoms with Crippen LogP contribution < -0.4 is 15.6 Å². The van der Waals surface area contributed by atoms with E-state index in [0.29, 0.717) is 28.9 Å². The number of aromatic nitrogens is 1. The summed E-state index contributed by atoms with van der Waals surface area (Å²) in [4.78, 5) is 38.4. The van der Waals surface area contributed by atoms with E-state index in [1.807, 2.05) is 21.7 Å². The van der Waals surface area contributed by atoms with Crippen LogP contribution in [0.5, 0.6) is 0 Å². The highest BCUT2D eigenvalue weighted by atomic mass is 32.2. The van der Waals surface area contributed by atoms with Gasteiger partial charge in [-0.3, -0.25) is 9.59 Å². The quantitative estimate of drug-likeness (QED) is 0.714. The maximum Gasteiger partial charge on any atom is 0.471 e. The highest BCUT2D eigenvalue weighted by Gasteiger charge is 2.41. The molecule has 0 radical (unpaired) electrons. The lowest BCUT2D eigenvalue weighted by molar-refractivity contribution is -0.174. The second kappa shape index (κ2) is 7.77. The molecular weight excluding hydrogens is 435 g/mol. The van der Waals surface area contributed by atoms with E-state index >= 15 is 0 Å². The Balaban J connectivity index is 1.65. The molecule has 0 bridgehead atoms. The summed E-state index contributed by atoms with van der Waals surface area (Å²) in [5.41, 5.74) is 1.02. The molecule has 166 valence electrons. The third-order valence-corrected chi connectivity index (χ3v) is 6.59. The molecule has 3 heterocycles. The Morgan fingerprint density at radius 2 is 2.06 bits per heavy atom. The van der Waals surface area contributed by atoms with E-state index in [1.165, 1.54) is 11.8 Å². The third kappa shape index (κ3) is 3.75. The first kappa shape index (κ1) is 21.5. The number of alkyl halides is 3. The first-order chi connectivity index (χ1) is 14.6. The fraction of sp³-hybridized carbons (Fsp3) is 0.450. The molecule has 0 spiro atoms. The summed E-state index contributed by atoms with van der Waals surface area (Å²) in [5, 5.41) is 2.96. The van der Waals surface area contributed by atoms with Gasteiger partial charge in [0, 0.05) is 30.2 Å². The summed E-state index contributed by atoms with van der Waals surface area (Å²) in [6.45, 7) is 4.48. The van der Waals surface area contributed by atoms with Crippen molar-refractivity contribution in [3.63, 3.8) is 0 Å². The molecule has 1 aromatic heterocycles. The number of nitrogens with zero attached hydrogens (tertiary/aromatic N) is 2. The van der Waals surface area contributed by atoms with Gasteiger partial charge in [0.2, 0.25) is 5.43 Å². The van der Waals surface area contributed by atoms with Gasteiger partial charge in [0.05, 0.1) is 22.5 Å². The van der Waals surface area contributed by atoms with Crippen LogP contribution in [0, 0.1) is 0 Å². The molecule has 0 saturated carbocycles. The van der Waals surface area contributed by atoms with Crippen LogP contribution >= 0.6 is 11.8 Å². The van der Waals surface area contributed by atoms with Crippen LogP contribution in [-0.2, 0) is 9.53 Å². The fourth-order valence-electron chi connectivity index (χ4n) is 3.97. The summed E-state index contributed by atoms with van der Waals surface area (Å²) in [6, 6.07) is 4.52. The standard InChI is InChI=1S/C20H20F3N3O4S/c1-3-30-18(28)15-16(27)13-5-4-12(8-14(13)26-10(2)31-17(15)26)25-7-6-11(9-25)24-19(29)20(21,22)23/h4-5,8,10-11H,3,6-7,9H2,1-2H3,(H,24,29)/t10?,11-/m0/s1. The number of pyridine rings is 1. The van der Waals surface area contributed by atoms with Crippen molar-refractivity contribution in [2.75, 3.05) is 24.6 Å². The maximum absolute atomic E-state index is 13.0. The van der Waals surface area contributed by atoms with Crippen LogP contribution in [-0.4, -0.2) is 48.4 Å². The van der Waals surface area contributed by atoms with Gasteiger partial charge in [-0.2, -0.15) is 13.2 Å². The predicted octanol–water partition coefficient (Wildman–Crippen LogP) is 3.06. The molecule has 7 nitrogen and oxygen atoms in total. The Kier molecular flexibility index (Phi) is 5.40. The Hall–Kier alpha value is -2.69. The van der Waals surface area contributed by atoms with Crippen LogP contribution in [0.3, 0.4) is 0 Å². The first-order valence-electron chi connectivity index (χ1n) is 9.80. The molecular formula is C20H20F3N3O4S. The minimum Gasteiger partial charge on any atom is -0.462 e. The number of fused-ring (bicyclic) bond motifs is 3. The Morgan fingerprint density at radius 3 is 2.71 bits per heavy atom. The normalized spacial score (nSPS) is 20.4. The van der Waals surface area contributed by atoms with Crippen LogP contribution in [0.15, 0.2) is 28.0 Å². The number of anilines is 1.